The fourth-order valence-electron chi connectivity index (χ4n) is 2.99. The van der Waals surface area contributed by atoms with Gasteiger partial charge in [-0.25, -0.2) is 4.79 Å². The Morgan fingerprint density at radius 2 is 1.77 bits per heavy atom. The van der Waals surface area contributed by atoms with Gasteiger partial charge in [-0.2, -0.15) is 0 Å². The van der Waals surface area contributed by atoms with Crippen LogP contribution in [-0.4, -0.2) is 71.9 Å². The number of amides is 3. The number of hydrogen-bond donors (Lipinski definition) is 1. The van der Waals surface area contributed by atoms with Crippen LogP contribution in [0.25, 0.3) is 0 Å². The maximum absolute atomic E-state index is 12.5. The summed E-state index contributed by atoms with van der Waals surface area (Å²) in [5, 5.41) is 3.78. The zero-order chi connectivity index (χ0) is 19.3. The lowest BCUT2D eigenvalue weighted by Crippen LogP contribution is -2.56. The van der Waals surface area contributed by atoms with E-state index in [1.807, 2.05) is 30.6 Å². The van der Waals surface area contributed by atoms with Crippen LogP contribution in [0.2, 0.25) is 10.0 Å². The molecule has 0 aliphatic carbocycles. The normalized spacial score (nSPS) is 16.3. The number of nitrogens with zero attached hydrogens (tertiary/aromatic N) is 3. The van der Waals surface area contributed by atoms with E-state index in [1.54, 1.807) is 18.2 Å². The lowest BCUT2D eigenvalue weighted by atomic mass is 10.2. The van der Waals surface area contributed by atoms with E-state index < -0.39 is 0 Å². The highest BCUT2D eigenvalue weighted by molar-refractivity contribution is 6.36. The minimum atomic E-state index is -0.313. The van der Waals surface area contributed by atoms with Gasteiger partial charge in [-0.3, -0.25) is 9.69 Å². The Morgan fingerprint density at radius 3 is 2.31 bits per heavy atom. The Labute approximate surface area is 165 Å². The molecule has 1 aromatic carbocycles. The van der Waals surface area contributed by atoms with Crippen LogP contribution in [0.1, 0.15) is 20.8 Å². The first-order chi connectivity index (χ1) is 12.4. The minimum Gasteiger partial charge on any atom is -0.325 e. The molecule has 1 unspecified atom stereocenters. The number of halogens is 2. The smallest absolute Gasteiger partial charge is 0.320 e. The summed E-state index contributed by atoms with van der Waals surface area (Å²) in [7, 11) is 0. The zero-order valence-corrected chi connectivity index (χ0v) is 17.0. The molecule has 1 atom stereocenters. The molecule has 1 aliphatic heterocycles. The monoisotopic (exact) mass is 400 g/mol. The molecule has 0 bridgehead atoms. The fourth-order valence-corrected chi connectivity index (χ4v) is 3.44. The van der Waals surface area contributed by atoms with Gasteiger partial charge in [-0.1, -0.05) is 23.2 Å². The first kappa shape index (κ1) is 20.8. The van der Waals surface area contributed by atoms with Crippen molar-refractivity contribution in [1.29, 1.82) is 0 Å². The Hall–Kier alpha value is -1.50. The van der Waals surface area contributed by atoms with Gasteiger partial charge in [0, 0.05) is 44.3 Å². The number of carbonyl (C=O) groups is 2. The summed E-state index contributed by atoms with van der Waals surface area (Å²) < 4.78 is 0. The topological polar surface area (TPSA) is 55.9 Å². The summed E-state index contributed by atoms with van der Waals surface area (Å²) in [6.07, 6.45) is 0. The minimum absolute atomic E-state index is 0.0692. The molecule has 3 amide bonds. The van der Waals surface area contributed by atoms with Gasteiger partial charge in [0.05, 0.1) is 16.8 Å². The second-order valence-electron chi connectivity index (χ2n) is 6.27. The summed E-state index contributed by atoms with van der Waals surface area (Å²) in [4.78, 5) is 30.7. The average molecular weight is 401 g/mol. The van der Waals surface area contributed by atoms with Crippen molar-refractivity contribution in [3.05, 3.63) is 28.2 Å². The van der Waals surface area contributed by atoms with Gasteiger partial charge >= 0.3 is 6.03 Å². The van der Waals surface area contributed by atoms with Gasteiger partial charge in [0.15, 0.2) is 0 Å². The molecule has 0 radical (unpaired) electrons. The van der Waals surface area contributed by atoms with E-state index in [0.29, 0.717) is 55.0 Å². The second kappa shape index (κ2) is 9.44. The molecule has 1 aliphatic rings. The number of urea groups is 1. The van der Waals surface area contributed by atoms with Crippen molar-refractivity contribution >= 4 is 40.8 Å². The number of benzene rings is 1. The summed E-state index contributed by atoms with van der Waals surface area (Å²) in [6, 6.07) is 4.73. The zero-order valence-electron chi connectivity index (χ0n) is 15.5. The van der Waals surface area contributed by atoms with Crippen molar-refractivity contribution in [3.63, 3.8) is 0 Å². The van der Waals surface area contributed by atoms with E-state index in [4.69, 9.17) is 23.2 Å². The average Bonchev–Trinajstić information content (AvgIpc) is 2.64. The van der Waals surface area contributed by atoms with Crippen molar-refractivity contribution in [2.45, 2.75) is 26.8 Å². The third kappa shape index (κ3) is 5.02. The summed E-state index contributed by atoms with van der Waals surface area (Å²) >= 11 is 12.0. The quantitative estimate of drug-likeness (QED) is 0.823. The van der Waals surface area contributed by atoms with Crippen LogP contribution < -0.4 is 5.32 Å². The molecule has 1 fully saturated rings. The number of piperazine rings is 1. The molecule has 144 valence electrons. The highest BCUT2D eigenvalue weighted by Crippen LogP contribution is 2.25. The van der Waals surface area contributed by atoms with E-state index >= 15 is 0 Å². The predicted molar refractivity (Wildman–Crippen MR) is 106 cm³/mol. The van der Waals surface area contributed by atoms with Crippen LogP contribution in [-0.2, 0) is 4.79 Å². The molecule has 1 saturated heterocycles. The molecule has 2 rings (SSSR count). The van der Waals surface area contributed by atoms with Crippen LogP contribution in [0, 0.1) is 0 Å². The molecule has 26 heavy (non-hydrogen) atoms. The second-order valence-corrected chi connectivity index (χ2v) is 7.11. The SMILES string of the molecule is CCN(CC)C(=O)N1CCN(C(C)C(=O)Nc2ccc(Cl)cc2Cl)CC1. The standard InChI is InChI=1S/C18H26Cl2N4O2/c1-4-22(5-2)18(26)24-10-8-23(9-11-24)13(3)17(25)21-16-7-6-14(19)12-15(16)20/h6-7,12-13H,4-5,8-11H2,1-3H3,(H,21,25). The lowest BCUT2D eigenvalue weighted by molar-refractivity contribution is -0.121. The van der Waals surface area contributed by atoms with Gasteiger partial charge in [0.2, 0.25) is 5.91 Å². The Kier molecular flexibility index (Phi) is 7.55. The predicted octanol–water partition coefficient (Wildman–Crippen LogP) is 3.40. The number of nitrogens with one attached hydrogen (secondary N) is 1. The molecular formula is C18H26Cl2N4O2. The van der Waals surface area contributed by atoms with Gasteiger partial charge < -0.3 is 15.1 Å². The van der Waals surface area contributed by atoms with Crippen LogP contribution in [0.5, 0.6) is 0 Å². The molecular weight excluding hydrogens is 375 g/mol. The maximum Gasteiger partial charge on any atom is 0.320 e. The van der Waals surface area contributed by atoms with Crippen molar-refractivity contribution < 1.29 is 9.59 Å². The van der Waals surface area contributed by atoms with E-state index in [-0.39, 0.29) is 18.0 Å². The first-order valence-corrected chi connectivity index (χ1v) is 9.66. The summed E-state index contributed by atoms with van der Waals surface area (Å²) in [5.41, 5.74) is 0.545. The van der Waals surface area contributed by atoms with Crippen LogP contribution in [0.4, 0.5) is 10.5 Å². The molecule has 0 saturated carbocycles. The van der Waals surface area contributed by atoms with Crippen molar-refractivity contribution in [2.75, 3.05) is 44.6 Å². The molecule has 1 N–H and O–H groups in total. The van der Waals surface area contributed by atoms with Gasteiger partial charge in [-0.15, -0.1) is 0 Å². The summed E-state index contributed by atoms with van der Waals surface area (Å²) in [6.45, 7) is 9.79. The third-order valence-electron chi connectivity index (χ3n) is 4.73. The third-order valence-corrected chi connectivity index (χ3v) is 5.28. The van der Waals surface area contributed by atoms with Crippen molar-refractivity contribution in [3.8, 4) is 0 Å². The maximum atomic E-state index is 12.5. The summed E-state index contributed by atoms with van der Waals surface area (Å²) in [5.74, 6) is -0.127. The fraction of sp³-hybridized carbons (Fsp3) is 0.556. The lowest BCUT2D eigenvalue weighted by Gasteiger charge is -2.39. The molecule has 1 aromatic rings. The highest BCUT2D eigenvalue weighted by Gasteiger charge is 2.29. The molecule has 0 aromatic heterocycles. The van der Waals surface area contributed by atoms with E-state index in [9.17, 15) is 9.59 Å². The number of hydrogen-bond acceptors (Lipinski definition) is 3. The number of carbonyl (C=O) groups excluding carboxylic acids is 2. The Morgan fingerprint density at radius 1 is 1.15 bits per heavy atom. The van der Waals surface area contributed by atoms with E-state index in [1.165, 1.54) is 0 Å². The highest BCUT2D eigenvalue weighted by atomic mass is 35.5. The number of rotatable bonds is 5. The van der Waals surface area contributed by atoms with Gasteiger partial charge in [0.1, 0.15) is 0 Å². The van der Waals surface area contributed by atoms with Crippen LogP contribution in [0.3, 0.4) is 0 Å². The Bertz CT molecular complexity index is 644. The molecule has 0 spiro atoms. The largest absolute Gasteiger partial charge is 0.325 e. The Balaban J connectivity index is 1.90. The van der Waals surface area contributed by atoms with Crippen molar-refractivity contribution in [1.82, 2.24) is 14.7 Å². The van der Waals surface area contributed by atoms with Crippen molar-refractivity contribution in [2.24, 2.45) is 0 Å². The van der Waals surface area contributed by atoms with Crippen LogP contribution in [0.15, 0.2) is 18.2 Å². The first-order valence-electron chi connectivity index (χ1n) is 8.91. The van der Waals surface area contributed by atoms with Gasteiger partial charge in [0.25, 0.3) is 0 Å². The number of anilines is 1. The van der Waals surface area contributed by atoms with Gasteiger partial charge in [-0.05, 0) is 39.0 Å². The van der Waals surface area contributed by atoms with E-state index in [2.05, 4.69) is 10.2 Å². The molecule has 1 heterocycles. The molecule has 6 nitrogen and oxygen atoms in total. The van der Waals surface area contributed by atoms with Crippen LogP contribution >= 0.6 is 23.2 Å². The van der Waals surface area contributed by atoms with E-state index in [0.717, 1.165) is 0 Å². The molecule has 8 heteroatoms.